The predicted molar refractivity (Wildman–Crippen MR) is 127 cm³/mol. The first-order chi connectivity index (χ1) is 15.4. The van der Waals surface area contributed by atoms with Crippen molar-refractivity contribution in [2.75, 3.05) is 24.3 Å². The van der Waals surface area contributed by atoms with Crippen LogP contribution in [0.3, 0.4) is 0 Å². The van der Waals surface area contributed by atoms with Gasteiger partial charge in [-0.25, -0.2) is 0 Å². The Bertz CT molecular complexity index is 1130. The molecule has 0 radical (unpaired) electrons. The lowest BCUT2D eigenvalue weighted by Gasteiger charge is -2.15. The van der Waals surface area contributed by atoms with Gasteiger partial charge in [0.25, 0.3) is 0 Å². The lowest BCUT2D eigenvalue weighted by molar-refractivity contribution is -0.113. The third-order valence-corrected chi connectivity index (χ3v) is 6.13. The van der Waals surface area contributed by atoms with Crippen LogP contribution < -0.4 is 14.8 Å². The molecule has 0 saturated carbocycles. The molecule has 0 unspecified atom stereocenters. The number of hydrogen-bond donors (Lipinski definition) is 1. The molecule has 0 bridgehead atoms. The van der Waals surface area contributed by atoms with Crippen molar-refractivity contribution in [3.63, 3.8) is 0 Å². The Morgan fingerprint density at radius 1 is 1.09 bits per heavy atom. The Balaban J connectivity index is 1.52. The number of benzene rings is 2. The SMILES string of the molecule is Cc1ccc(C)c(NC(=O)CSc2nnc(-c3ccc4c(c3)OCCCO4)n2C(C)C)c1. The molecule has 4 rings (SSSR count). The van der Waals surface area contributed by atoms with E-state index in [4.69, 9.17) is 9.47 Å². The van der Waals surface area contributed by atoms with E-state index in [0.717, 1.165) is 46.1 Å². The smallest absolute Gasteiger partial charge is 0.234 e. The molecule has 0 atom stereocenters. The number of anilines is 1. The number of aryl methyl sites for hydroxylation is 2. The molecular weight excluding hydrogens is 424 g/mol. The number of hydrogen-bond acceptors (Lipinski definition) is 6. The highest BCUT2D eigenvalue weighted by molar-refractivity contribution is 7.99. The van der Waals surface area contributed by atoms with Gasteiger partial charge in [0, 0.05) is 23.7 Å². The van der Waals surface area contributed by atoms with Gasteiger partial charge in [0.15, 0.2) is 22.5 Å². The first-order valence-corrected chi connectivity index (χ1v) is 11.8. The maximum Gasteiger partial charge on any atom is 0.234 e. The van der Waals surface area contributed by atoms with Crippen LogP contribution in [0, 0.1) is 13.8 Å². The zero-order chi connectivity index (χ0) is 22.7. The van der Waals surface area contributed by atoms with Crippen molar-refractivity contribution in [2.45, 2.75) is 45.3 Å². The van der Waals surface area contributed by atoms with Gasteiger partial charge in [-0.1, -0.05) is 23.9 Å². The molecule has 1 N–H and O–H groups in total. The van der Waals surface area contributed by atoms with Crippen molar-refractivity contribution in [3.8, 4) is 22.9 Å². The fourth-order valence-electron chi connectivity index (χ4n) is 3.53. The zero-order valence-electron chi connectivity index (χ0n) is 18.8. The first-order valence-electron chi connectivity index (χ1n) is 10.8. The minimum Gasteiger partial charge on any atom is -0.490 e. The van der Waals surface area contributed by atoms with Crippen LogP contribution in [-0.2, 0) is 4.79 Å². The van der Waals surface area contributed by atoms with E-state index in [-0.39, 0.29) is 17.7 Å². The van der Waals surface area contributed by atoms with Crippen LogP contribution in [-0.4, -0.2) is 39.6 Å². The van der Waals surface area contributed by atoms with E-state index < -0.39 is 0 Å². The Hall–Kier alpha value is -3.00. The van der Waals surface area contributed by atoms with E-state index in [9.17, 15) is 4.79 Å². The van der Waals surface area contributed by atoms with Gasteiger partial charge in [0.2, 0.25) is 5.91 Å². The first kappa shape index (κ1) is 22.2. The highest BCUT2D eigenvalue weighted by Gasteiger charge is 2.20. The molecule has 8 heteroatoms. The number of amides is 1. The molecule has 0 spiro atoms. The average molecular weight is 453 g/mol. The average Bonchev–Trinajstić information content (AvgIpc) is 3.05. The molecule has 32 heavy (non-hydrogen) atoms. The fourth-order valence-corrected chi connectivity index (χ4v) is 4.39. The Kier molecular flexibility index (Phi) is 6.69. The summed E-state index contributed by atoms with van der Waals surface area (Å²) >= 11 is 1.38. The minimum atomic E-state index is -0.0702. The number of ether oxygens (including phenoxy) is 2. The molecular formula is C24H28N4O3S. The summed E-state index contributed by atoms with van der Waals surface area (Å²) in [5, 5.41) is 12.5. The number of thioether (sulfide) groups is 1. The largest absolute Gasteiger partial charge is 0.490 e. The van der Waals surface area contributed by atoms with Gasteiger partial charge in [0.05, 0.1) is 19.0 Å². The van der Waals surface area contributed by atoms with Crippen molar-refractivity contribution in [2.24, 2.45) is 0 Å². The van der Waals surface area contributed by atoms with E-state index in [1.54, 1.807) is 0 Å². The molecule has 1 amide bonds. The van der Waals surface area contributed by atoms with Gasteiger partial charge >= 0.3 is 0 Å². The van der Waals surface area contributed by atoms with E-state index in [0.29, 0.717) is 18.4 Å². The quantitative estimate of drug-likeness (QED) is 0.528. The molecule has 2 heterocycles. The molecule has 1 aliphatic heterocycles. The number of carbonyl (C=O) groups excluding carboxylic acids is 1. The molecule has 1 aliphatic rings. The second-order valence-electron chi connectivity index (χ2n) is 8.14. The highest BCUT2D eigenvalue weighted by Crippen LogP contribution is 2.35. The van der Waals surface area contributed by atoms with Crippen LogP contribution in [0.15, 0.2) is 41.6 Å². The van der Waals surface area contributed by atoms with Crippen LogP contribution in [0.2, 0.25) is 0 Å². The molecule has 0 saturated heterocycles. The van der Waals surface area contributed by atoms with Crippen LogP contribution in [0.1, 0.15) is 37.4 Å². The van der Waals surface area contributed by atoms with Crippen molar-refractivity contribution in [1.29, 1.82) is 0 Å². The summed E-state index contributed by atoms with van der Waals surface area (Å²) in [7, 11) is 0. The van der Waals surface area contributed by atoms with Crippen LogP contribution >= 0.6 is 11.8 Å². The fraction of sp³-hybridized carbons (Fsp3) is 0.375. The lowest BCUT2D eigenvalue weighted by atomic mass is 10.1. The van der Waals surface area contributed by atoms with E-state index in [1.807, 2.05) is 50.2 Å². The van der Waals surface area contributed by atoms with Gasteiger partial charge in [-0.05, 0) is 63.1 Å². The summed E-state index contributed by atoms with van der Waals surface area (Å²) in [6.45, 7) is 9.44. The third-order valence-electron chi connectivity index (χ3n) is 5.19. The van der Waals surface area contributed by atoms with Crippen molar-refractivity contribution in [3.05, 3.63) is 47.5 Å². The van der Waals surface area contributed by atoms with E-state index in [2.05, 4.69) is 33.9 Å². The van der Waals surface area contributed by atoms with E-state index in [1.165, 1.54) is 11.8 Å². The topological polar surface area (TPSA) is 78.3 Å². The third kappa shape index (κ3) is 4.91. The summed E-state index contributed by atoms with van der Waals surface area (Å²) in [6.07, 6.45) is 0.858. The standard InChI is InChI=1S/C24H28N4O3S/c1-15(2)28-23(18-8-9-20-21(13-18)31-11-5-10-30-20)26-27-24(28)32-14-22(29)25-19-12-16(3)6-7-17(19)4/h6-9,12-13,15H,5,10-11,14H2,1-4H3,(H,25,29). The number of nitrogens with one attached hydrogen (secondary N) is 1. The van der Waals surface area contributed by atoms with E-state index >= 15 is 0 Å². The van der Waals surface area contributed by atoms with Crippen LogP contribution in [0.4, 0.5) is 5.69 Å². The molecule has 0 fully saturated rings. The normalized spacial score (nSPS) is 13.2. The summed E-state index contributed by atoms with van der Waals surface area (Å²) in [4.78, 5) is 12.6. The molecule has 2 aromatic carbocycles. The highest BCUT2D eigenvalue weighted by atomic mass is 32.2. The van der Waals surface area contributed by atoms with Gasteiger partial charge in [-0.15, -0.1) is 10.2 Å². The predicted octanol–water partition coefficient (Wildman–Crippen LogP) is 5.03. The summed E-state index contributed by atoms with van der Waals surface area (Å²) in [5.74, 6) is 2.39. The van der Waals surface area contributed by atoms with Gasteiger partial charge in [-0.2, -0.15) is 0 Å². The van der Waals surface area contributed by atoms with Gasteiger partial charge in [-0.3, -0.25) is 9.36 Å². The maximum atomic E-state index is 12.6. The molecule has 3 aromatic rings. The van der Waals surface area contributed by atoms with Crippen LogP contribution in [0.25, 0.3) is 11.4 Å². The summed E-state index contributed by atoms with van der Waals surface area (Å²) in [5.41, 5.74) is 3.89. The molecule has 168 valence electrons. The molecule has 1 aromatic heterocycles. The lowest BCUT2D eigenvalue weighted by Crippen LogP contribution is -2.16. The molecule has 0 aliphatic carbocycles. The summed E-state index contributed by atoms with van der Waals surface area (Å²) < 4.78 is 13.6. The zero-order valence-corrected chi connectivity index (χ0v) is 19.7. The van der Waals surface area contributed by atoms with Crippen molar-refractivity contribution < 1.29 is 14.3 Å². The number of carbonyl (C=O) groups is 1. The number of rotatable bonds is 6. The van der Waals surface area contributed by atoms with Crippen molar-refractivity contribution in [1.82, 2.24) is 14.8 Å². The Morgan fingerprint density at radius 2 is 1.88 bits per heavy atom. The number of aromatic nitrogens is 3. The summed E-state index contributed by atoms with van der Waals surface area (Å²) in [6, 6.07) is 12.0. The second-order valence-corrected chi connectivity index (χ2v) is 9.08. The number of nitrogens with zero attached hydrogens (tertiary/aromatic N) is 3. The Morgan fingerprint density at radius 3 is 2.66 bits per heavy atom. The maximum absolute atomic E-state index is 12.6. The van der Waals surface area contributed by atoms with Crippen molar-refractivity contribution >= 4 is 23.4 Å². The van der Waals surface area contributed by atoms with Crippen LogP contribution in [0.5, 0.6) is 11.5 Å². The Labute approximate surface area is 192 Å². The van der Waals surface area contributed by atoms with Gasteiger partial charge in [0.1, 0.15) is 0 Å². The monoisotopic (exact) mass is 452 g/mol. The molecule has 7 nitrogen and oxygen atoms in total. The second kappa shape index (κ2) is 9.65. The van der Waals surface area contributed by atoms with Gasteiger partial charge < -0.3 is 14.8 Å². The minimum absolute atomic E-state index is 0.0702. The number of fused-ring (bicyclic) bond motifs is 1.